The summed E-state index contributed by atoms with van der Waals surface area (Å²) in [5.41, 5.74) is 16.0. The summed E-state index contributed by atoms with van der Waals surface area (Å²) in [4.78, 5) is 33.2. The Labute approximate surface area is 111 Å². The smallest absolute Gasteiger partial charge is 0.303 e. The van der Waals surface area contributed by atoms with Crippen LogP contribution in [-0.2, 0) is 14.4 Å². The van der Waals surface area contributed by atoms with E-state index in [1.165, 1.54) is 0 Å². The molecule has 0 unspecified atom stereocenters. The van der Waals surface area contributed by atoms with Crippen LogP contribution in [0.25, 0.3) is 0 Å². The van der Waals surface area contributed by atoms with Gasteiger partial charge in [0.15, 0.2) is 0 Å². The van der Waals surface area contributed by atoms with Crippen LogP contribution in [0, 0.1) is 0 Å². The Hall–Kier alpha value is -1.67. The number of amides is 2. The topological polar surface area (TPSA) is 162 Å². The van der Waals surface area contributed by atoms with Gasteiger partial charge in [-0.2, -0.15) is 0 Å². The molecule has 0 rings (SSSR count). The fourth-order valence-corrected chi connectivity index (χ4v) is 1.47. The molecule has 0 fully saturated rings. The summed E-state index contributed by atoms with van der Waals surface area (Å²) in [6.07, 6.45) is 1.59. The van der Waals surface area contributed by atoms with Crippen LogP contribution in [-0.4, -0.2) is 41.5 Å². The second-order valence-electron chi connectivity index (χ2n) is 4.29. The molecule has 2 amide bonds. The molecular formula is C11H22N4O4. The second-order valence-corrected chi connectivity index (χ2v) is 4.29. The van der Waals surface area contributed by atoms with E-state index in [1.54, 1.807) is 0 Å². The molecule has 110 valence electrons. The summed E-state index contributed by atoms with van der Waals surface area (Å²) >= 11 is 0. The summed E-state index contributed by atoms with van der Waals surface area (Å²) in [5, 5.41) is 10.9. The number of carboxylic acids is 1. The van der Waals surface area contributed by atoms with E-state index in [0.717, 1.165) is 6.42 Å². The van der Waals surface area contributed by atoms with Crippen LogP contribution in [0.4, 0.5) is 0 Å². The van der Waals surface area contributed by atoms with Gasteiger partial charge in [-0.25, -0.2) is 0 Å². The van der Waals surface area contributed by atoms with Crippen molar-refractivity contribution in [2.75, 3.05) is 6.54 Å². The van der Waals surface area contributed by atoms with Gasteiger partial charge in [0.25, 0.3) is 0 Å². The third-order valence-corrected chi connectivity index (χ3v) is 2.61. The molecule has 0 aliphatic heterocycles. The molecular weight excluding hydrogens is 252 g/mol. The van der Waals surface area contributed by atoms with Crippen LogP contribution >= 0.6 is 0 Å². The third-order valence-electron chi connectivity index (χ3n) is 2.61. The maximum atomic E-state index is 11.6. The lowest BCUT2D eigenvalue weighted by molar-refractivity contribution is -0.137. The molecule has 0 radical (unpaired) electrons. The standard InChI is InChI=1S/C11H22N4O4/c12-6-2-1-3-8(10(14)18)15-11(19)7(13)4-5-9(16)17/h7-8H,1-6,12-13H2,(H2,14,18)(H,15,19)(H,16,17)/t7-,8-/m1/s1. The van der Waals surface area contributed by atoms with Crippen molar-refractivity contribution < 1.29 is 19.5 Å². The number of carbonyl (C=O) groups excluding carboxylic acids is 2. The van der Waals surface area contributed by atoms with E-state index in [4.69, 9.17) is 22.3 Å². The lowest BCUT2D eigenvalue weighted by Gasteiger charge is -2.18. The Morgan fingerprint density at radius 2 is 1.79 bits per heavy atom. The number of unbranched alkanes of at least 4 members (excludes halogenated alkanes) is 1. The minimum absolute atomic E-state index is 0.00937. The van der Waals surface area contributed by atoms with Gasteiger partial charge in [0.1, 0.15) is 6.04 Å². The van der Waals surface area contributed by atoms with Crippen molar-refractivity contribution in [1.29, 1.82) is 0 Å². The number of nitrogens with two attached hydrogens (primary N) is 3. The fourth-order valence-electron chi connectivity index (χ4n) is 1.47. The number of rotatable bonds is 10. The molecule has 19 heavy (non-hydrogen) atoms. The Bertz CT molecular complexity index is 322. The van der Waals surface area contributed by atoms with E-state index >= 15 is 0 Å². The van der Waals surface area contributed by atoms with Gasteiger partial charge in [-0.1, -0.05) is 0 Å². The first-order valence-corrected chi connectivity index (χ1v) is 6.15. The molecule has 0 aromatic carbocycles. The van der Waals surface area contributed by atoms with Crippen molar-refractivity contribution in [2.24, 2.45) is 17.2 Å². The van der Waals surface area contributed by atoms with Crippen molar-refractivity contribution in [1.82, 2.24) is 5.32 Å². The van der Waals surface area contributed by atoms with Crippen LogP contribution in [0.1, 0.15) is 32.1 Å². The highest BCUT2D eigenvalue weighted by Gasteiger charge is 2.21. The van der Waals surface area contributed by atoms with Gasteiger partial charge in [0.2, 0.25) is 11.8 Å². The third kappa shape index (κ3) is 8.11. The molecule has 0 saturated heterocycles. The molecule has 0 aromatic heterocycles. The first-order chi connectivity index (χ1) is 8.88. The number of hydrogen-bond acceptors (Lipinski definition) is 5. The SMILES string of the molecule is NCCCC[C@@H](NC(=O)[C@H](N)CCC(=O)O)C(N)=O. The average molecular weight is 274 g/mol. The van der Waals surface area contributed by atoms with Crippen LogP contribution in [0.3, 0.4) is 0 Å². The zero-order chi connectivity index (χ0) is 14.8. The quantitative estimate of drug-likeness (QED) is 0.297. The zero-order valence-corrected chi connectivity index (χ0v) is 10.8. The van der Waals surface area contributed by atoms with Crippen LogP contribution in [0.15, 0.2) is 0 Å². The Morgan fingerprint density at radius 1 is 1.16 bits per heavy atom. The first kappa shape index (κ1) is 17.3. The van der Waals surface area contributed by atoms with Gasteiger partial charge < -0.3 is 27.6 Å². The van der Waals surface area contributed by atoms with Crippen LogP contribution < -0.4 is 22.5 Å². The molecule has 8 heteroatoms. The lowest BCUT2D eigenvalue weighted by atomic mass is 10.1. The Kier molecular flexibility index (Phi) is 8.47. The first-order valence-electron chi connectivity index (χ1n) is 6.15. The molecule has 0 saturated carbocycles. The fraction of sp³-hybridized carbons (Fsp3) is 0.727. The maximum absolute atomic E-state index is 11.6. The highest BCUT2D eigenvalue weighted by atomic mass is 16.4. The van der Waals surface area contributed by atoms with Gasteiger partial charge in [0, 0.05) is 6.42 Å². The normalized spacial score (nSPS) is 13.6. The van der Waals surface area contributed by atoms with Crippen molar-refractivity contribution >= 4 is 17.8 Å². The molecule has 0 bridgehead atoms. The highest BCUT2D eigenvalue weighted by Crippen LogP contribution is 2.02. The van der Waals surface area contributed by atoms with Crippen LogP contribution in [0.5, 0.6) is 0 Å². The van der Waals surface area contributed by atoms with E-state index < -0.39 is 29.9 Å². The predicted octanol–water partition coefficient (Wildman–Crippen LogP) is -1.72. The lowest BCUT2D eigenvalue weighted by Crippen LogP contribution is -2.50. The van der Waals surface area contributed by atoms with Crippen molar-refractivity contribution in [3.8, 4) is 0 Å². The summed E-state index contributed by atoms with van der Waals surface area (Å²) in [7, 11) is 0. The molecule has 0 spiro atoms. The molecule has 8 nitrogen and oxygen atoms in total. The average Bonchev–Trinajstić information content (AvgIpc) is 2.34. The molecule has 8 N–H and O–H groups in total. The summed E-state index contributed by atoms with van der Waals surface area (Å²) in [5.74, 6) is -2.24. The van der Waals surface area contributed by atoms with Crippen LogP contribution in [0.2, 0.25) is 0 Å². The Balaban J connectivity index is 4.21. The molecule has 0 aromatic rings. The molecule has 0 heterocycles. The van der Waals surface area contributed by atoms with E-state index in [9.17, 15) is 14.4 Å². The minimum Gasteiger partial charge on any atom is -0.481 e. The van der Waals surface area contributed by atoms with Gasteiger partial charge >= 0.3 is 5.97 Å². The Morgan fingerprint density at radius 3 is 2.26 bits per heavy atom. The number of carboxylic acid groups (broad SMARTS) is 1. The van der Waals surface area contributed by atoms with E-state index in [0.29, 0.717) is 19.4 Å². The second kappa shape index (κ2) is 9.29. The summed E-state index contributed by atoms with van der Waals surface area (Å²) in [6.45, 7) is 0.498. The van der Waals surface area contributed by atoms with E-state index in [-0.39, 0.29) is 12.8 Å². The largest absolute Gasteiger partial charge is 0.481 e. The van der Waals surface area contributed by atoms with Gasteiger partial charge in [-0.3, -0.25) is 14.4 Å². The maximum Gasteiger partial charge on any atom is 0.303 e. The molecule has 2 atom stereocenters. The summed E-state index contributed by atoms with van der Waals surface area (Å²) < 4.78 is 0. The monoisotopic (exact) mass is 274 g/mol. The van der Waals surface area contributed by atoms with Gasteiger partial charge in [-0.15, -0.1) is 0 Å². The van der Waals surface area contributed by atoms with E-state index in [2.05, 4.69) is 5.32 Å². The number of hydrogen-bond donors (Lipinski definition) is 5. The van der Waals surface area contributed by atoms with Gasteiger partial charge in [-0.05, 0) is 32.2 Å². The van der Waals surface area contributed by atoms with Crippen molar-refractivity contribution in [2.45, 2.75) is 44.2 Å². The zero-order valence-electron chi connectivity index (χ0n) is 10.8. The molecule has 0 aliphatic carbocycles. The predicted molar refractivity (Wildman–Crippen MR) is 68.9 cm³/mol. The summed E-state index contributed by atoms with van der Waals surface area (Å²) in [6, 6.07) is -1.76. The number of carbonyl (C=O) groups is 3. The van der Waals surface area contributed by atoms with E-state index in [1.807, 2.05) is 0 Å². The number of aliphatic carboxylic acids is 1. The minimum atomic E-state index is -1.03. The molecule has 0 aliphatic rings. The van der Waals surface area contributed by atoms with Crippen molar-refractivity contribution in [3.05, 3.63) is 0 Å². The van der Waals surface area contributed by atoms with Crippen molar-refractivity contribution in [3.63, 3.8) is 0 Å². The number of nitrogens with one attached hydrogen (secondary N) is 1. The van der Waals surface area contributed by atoms with Gasteiger partial charge in [0.05, 0.1) is 6.04 Å². The highest BCUT2D eigenvalue weighted by molar-refractivity contribution is 5.89. The number of primary amides is 1.